The first-order valence-corrected chi connectivity index (χ1v) is 7.44. The summed E-state index contributed by atoms with van der Waals surface area (Å²) in [4.78, 5) is 25.3. The van der Waals surface area contributed by atoms with E-state index in [4.69, 9.17) is 5.11 Å². The second kappa shape index (κ2) is 6.89. The van der Waals surface area contributed by atoms with Crippen LogP contribution in [0.4, 0.5) is 0 Å². The molecule has 108 valence electrons. The van der Waals surface area contributed by atoms with Gasteiger partial charge < -0.3 is 15.3 Å². The zero-order chi connectivity index (χ0) is 13.7. The van der Waals surface area contributed by atoms with Crippen LogP contribution in [0.2, 0.25) is 0 Å². The fourth-order valence-corrected chi connectivity index (χ4v) is 3.19. The summed E-state index contributed by atoms with van der Waals surface area (Å²) >= 11 is 0. The van der Waals surface area contributed by atoms with Crippen LogP contribution in [0.3, 0.4) is 0 Å². The highest BCUT2D eigenvalue weighted by Crippen LogP contribution is 2.23. The Labute approximate surface area is 114 Å². The number of nitrogens with zero attached hydrogens (tertiary/aromatic N) is 1. The van der Waals surface area contributed by atoms with Crippen molar-refractivity contribution in [2.24, 2.45) is 0 Å². The van der Waals surface area contributed by atoms with Gasteiger partial charge in [-0.05, 0) is 25.8 Å². The number of hydrogen-bond acceptors (Lipinski definition) is 3. The molecule has 2 fully saturated rings. The number of carboxylic acids is 1. The fourth-order valence-electron chi connectivity index (χ4n) is 3.19. The van der Waals surface area contributed by atoms with Crippen LogP contribution in [0.15, 0.2) is 0 Å². The van der Waals surface area contributed by atoms with Crippen molar-refractivity contribution >= 4 is 11.9 Å². The molecule has 1 unspecified atom stereocenters. The van der Waals surface area contributed by atoms with Gasteiger partial charge in [-0.25, -0.2) is 0 Å². The summed E-state index contributed by atoms with van der Waals surface area (Å²) in [5, 5.41) is 12.0. The Bertz CT molecular complexity index is 325. The minimum Gasteiger partial charge on any atom is -0.481 e. The lowest BCUT2D eigenvalue weighted by Crippen LogP contribution is -2.48. The predicted octanol–water partition coefficient (Wildman–Crippen LogP) is 1.37. The molecule has 1 heterocycles. The average Bonchev–Trinajstić information content (AvgIpc) is 2.72. The summed E-state index contributed by atoms with van der Waals surface area (Å²) < 4.78 is 0. The average molecular weight is 268 g/mol. The molecule has 1 amide bonds. The molecule has 2 aliphatic rings. The standard InChI is InChI=1S/C14H24N2O3/c17-13(18)10-12-14(19)16(9-5-8-15-12)11-6-3-1-2-4-7-11/h11-12,15H,1-10H2,(H,17,18). The third-order valence-corrected chi connectivity index (χ3v) is 4.19. The summed E-state index contributed by atoms with van der Waals surface area (Å²) in [5.41, 5.74) is 0. The molecule has 1 aliphatic heterocycles. The summed E-state index contributed by atoms with van der Waals surface area (Å²) in [6.45, 7) is 1.50. The molecule has 19 heavy (non-hydrogen) atoms. The van der Waals surface area contributed by atoms with Crippen LogP contribution < -0.4 is 5.32 Å². The summed E-state index contributed by atoms with van der Waals surface area (Å²) in [7, 11) is 0. The fraction of sp³-hybridized carbons (Fsp3) is 0.857. The van der Waals surface area contributed by atoms with Crippen molar-refractivity contribution in [2.75, 3.05) is 13.1 Å². The Kier molecular flexibility index (Phi) is 5.19. The Morgan fingerprint density at radius 2 is 1.89 bits per heavy atom. The van der Waals surface area contributed by atoms with Crippen LogP contribution in [-0.2, 0) is 9.59 Å². The van der Waals surface area contributed by atoms with E-state index in [2.05, 4.69) is 5.32 Å². The van der Waals surface area contributed by atoms with E-state index in [1.807, 2.05) is 4.90 Å². The van der Waals surface area contributed by atoms with Crippen LogP contribution in [0.1, 0.15) is 51.4 Å². The zero-order valence-electron chi connectivity index (χ0n) is 11.4. The summed E-state index contributed by atoms with van der Waals surface area (Å²) in [6, 6.07) is -0.213. The van der Waals surface area contributed by atoms with Crippen LogP contribution in [0, 0.1) is 0 Å². The van der Waals surface area contributed by atoms with Crippen molar-refractivity contribution in [3.05, 3.63) is 0 Å². The van der Waals surface area contributed by atoms with E-state index in [9.17, 15) is 9.59 Å². The molecule has 0 spiro atoms. The number of aliphatic carboxylic acids is 1. The van der Waals surface area contributed by atoms with Gasteiger partial charge in [-0.15, -0.1) is 0 Å². The van der Waals surface area contributed by atoms with E-state index in [0.29, 0.717) is 6.04 Å². The zero-order valence-corrected chi connectivity index (χ0v) is 11.4. The number of carboxylic acid groups (broad SMARTS) is 1. The van der Waals surface area contributed by atoms with Gasteiger partial charge in [0.05, 0.1) is 12.5 Å². The molecule has 0 bridgehead atoms. The first kappa shape index (κ1) is 14.3. The number of amides is 1. The van der Waals surface area contributed by atoms with Crippen LogP contribution in [-0.4, -0.2) is 47.1 Å². The van der Waals surface area contributed by atoms with E-state index in [1.165, 1.54) is 25.7 Å². The normalized spacial score (nSPS) is 26.8. The highest BCUT2D eigenvalue weighted by Gasteiger charge is 2.32. The van der Waals surface area contributed by atoms with Gasteiger partial charge in [0, 0.05) is 12.6 Å². The highest BCUT2D eigenvalue weighted by atomic mass is 16.4. The molecule has 1 saturated carbocycles. The Balaban J connectivity index is 2.04. The third kappa shape index (κ3) is 3.93. The van der Waals surface area contributed by atoms with Crippen molar-refractivity contribution in [3.63, 3.8) is 0 Å². The largest absolute Gasteiger partial charge is 0.481 e. The molecule has 1 saturated heterocycles. The number of rotatable bonds is 3. The van der Waals surface area contributed by atoms with Gasteiger partial charge in [0.25, 0.3) is 0 Å². The highest BCUT2D eigenvalue weighted by molar-refractivity contribution is 5.86. The SMILES string of the molecule is O=C(O)CC1NCCCN(C2CCCCCC2)C1=O. The maximum atomic E-state index is 12.5. The Morgan fingerprint density at radius 1 is 1.21 bits per heavy atom. The van der Waals surface area contributed by atoms with E-state index < -0.39 is 12.0 Å². The first-order chi connectivity index (χ1) is 9.18. The smallest absolute Gasteiger partial charge is 0.305 e. The van der Waals surface area contributed by atoms with Crippen LogP contribution in [0.25, 0.3) is 0 Å². The maximum Gasteiger partial charge on any atom is 0.305 e. The first-order valence-electron chi connectivity index (χ1n) is 7.44. The third-order valence-electron chi connectivity index (χ3n) is 4.19. The Hall–Kier alpha value is -1.10. The molecule has 5 nitrogen and oxygen atoms in total. The van der Waals surface area contributed by atoms with Crippen LogP contribution in [0.5, 0.6) is 0 Å². The van der Waals surface area contributed by atoms with Gasteiger partial charge in [0.1, 0.15) is 0 Å². The minimum atomic E-state index is -0.909. The van der Waals surface area contributed by atoms with Crippen molar-refractivity contribution < 1.29 is 14.7 Å². The molecule has 2 rings (SSSR count). The molecular weight excluding hydrogens is 244 g/mol. The molecule has 5 heteroatoms. The number of carbonyl (C=O) groups excluding carboxylic acids is 1. The predicted molar refractivity (Wildman–Crippen MR) is 71.9 cm³/mol. The van der Waals surface area contributed by atoms with Crippen molar-refractivity contribution in [2.45, 2.75) is 63.5 Å². The van der Waals surface area contributed by atoms with E-state index in [-0.39, 0.29) is 12.3 Å². The topological polar surface area (TPSA) is 69.6 Å². The van der Waals surface area contributed by atoms with Crippen molar-refractivity contribution in [1.82, 2.24) is 10.2 Å². The summed E-state index contributed by atoms with van der Waals surface area (Å²) in [5.74, 6) is -0.916. The molecule has 2 N–H and O–H groups in total. The van der Waals surface area contributed by atoms with Gasteiger partial charge in [-0.1, -0.05) is 25.7 Å². The second-order valence-corrected chi connectivity index (χ2v) is 5.64. The lowest BCUT2D eigenvalue weighted by molar-refractivity contribution is -0.143. The number of carbonyl (C=O) groups is 2. The van der Waals surface area contributed by atoms with E-state index in [0.717, 1.165) is 32.4 Å². The molecule has 0 aromatic carbocycles. The van der Waals surface area contributed by atoms with E-state index >= 15 is 0 Å². The minimum absolute atomic E-state index is 0.00759. The Morgan fingerprint density at radius 3 is 2.53 bits per heavy atom. The van der Waals surface area contributed by atoms with Gasteiger partial charge in [0.15, 0.2) is 0 Å². The van der Waals surface area contributed by atoms with Crippen LogP contribution >= 0.6 is 0 Å². The van der Waals surface area contributed by atoms with Gasteiger partial charge in [-0.3, -0.25) is 9.59 Å². The molecule has 0 aromatic rings. The van der Waals surface area contributed by atoms with Crippen molar-refractivity contribution in [1.29, 1.82) is 0 Å². The maximum absolute atomic E-state index is 12.5. The molecule has 0 radical (unpaired) electrons. The molecule has 0 aromatic heterocycles. The molecule has 1 aliphatic carbocycles. The molecular formula is C14H24N2O3. The summed E-state index contributed by atoms with van der Waals surface area (Å²) in [6.07, 6.45) is 7.85. The lowest BCUT2D eigenvalue weighted by Gasteiger charge is -2.31. The van der Waals surface area contributed by atoms with E-state index in [1.54, 1.807) is 0 Å². The second-order valence-electron chi connectivity index (χ2n) is 5.64. The van der Waals surface area contributed by atoms with Gasteiger partial charge in [-0.2, -0.15) is 0 Å². The van der Waals surface area contributed by atoms with Gasteiger partial charge >= 0.3 is 5.97 Å². The van der Waals surface area contributed by atoms with Gasteiger partial charge in [0.2, 0.25) is 5.91 Å². The quantitative estimate of drug-likeness (QED) is 0.759. The lowest BCUT2D eigenvalue weighted by atomic mass is 10.1. The number of hydrogen-bond donors (Lipinski definition) is 2. The molecule has 1 atom stereocenters. The van der Waals surface area contributed by atoms with Crippen molar-refractivity contribution in [3.8, 4) is 0 Å². The monoisotopic (exact) mass is 268 g/mol. The number of nitrogens with one attached hydrogen (secondary N) is 1.